The zero-order chi connectivity index (χ0) is 3.98. The Morgan fingerprint density at radius 3 is 1.71 bits per heavy atom. The zero-order valence-corrected chi connectivity index (χ0v) is 5.43. The Balaban J connectivity index is 0.000000245. The van der Waals surface area contributed by atoms with Crippen molar-refractivity contribution in [3.05, 3.63) is 24.3 Å². The van der Waals surface area contributed by atoms with E-state index in [1.165, 1.54) is 11.1 Å². The fraction of sp³-hybridized carbons (Fsp3) is 0. The maximum absolute atomic E-state index is 2.17. The van der Waals surface area contributed by atoms with Crippen molar-refractivity contribution in [1.29, 1.82) is 0 Å². The summed E-state index contributed by atoms with van der Waals surface area (Å²) in [6.45, 7) is 0. The molecule has 0 amide bonds. The summed E-state index contributed by atoms with van der Waals surface area (Å²) in [5.74, 6) is 0. The van der Waals surface area contributed by atoms with E-state index in [1.807, 2.05) is 0 Å². The van der Waals surface area contributed by atoms with Crippen LogP contribution in [0.5, 0.6) is 0 Å². The lowest BCUT2D eigenvalue weighted by atomic mass is 10.6. The molecular formula is C6H7P. The van der Waals surface area contributed by atoms with Crippen LogP contribution >= 0.6 is 9.90 Å². The highest BCUT2D eigenvalue weighted by Crippen LogP contribution is 2.32. The minimum absolute atomic E-state index is 0. The standard InChI is InChI=1S/C6H4.H3P/c1-2-5-4-6(5)3-1;/h1-4H;1H3. The van der Waals surface area contributed by atoms with Gasteiger partial charge in [0.05, 0.1) is 0 Å². The largest absolute Gasteiger partial charge is 0.153 e. The van der Waals surface area contributed by atoms with E-state index in [1.54, 1.807) is 0 Å². The van der Waals surface area contributed by atoms with Crippen LogP contribution in [0.4, 0.5) is 0 Å². The molecule has 0 bridgehead atoms. The van der Waals surface area contributed by atoms with E-state index in [9.17, 15) is 0 Å². The summed E-state index contributed by atoms with van der Waals surface area (Å²) < 4.78 is 0. The van der Waals surface area contributed by atoms with Gasteiger partial charge in [-0.3, -0.25) is 0 Å². The molecule has 0 nitrogen and oxygen atoms in total. The first kappa shape index (κ1) is 4.80. The van der Waals surface area contributed by atoms with Crippen molar-refractivity contribution < 1.29 is 0 Å². The molecule has 0 saturated heterocycles. The van der Waals surface area contributed by atoms with Crippen LogP contribution in [-0.4, -0.2) is 0 Å². The van der Waals surface area contributed by atoms with E-state index in [0.717, 1.165) is 0 Å². The average Bonchev–Trinajstić information content (AvgIpc) is 2.17. The average molecular weight is 110 g/mol. The Kier molecular flexibility index (Phi) is 0.900. The molecule has 0 N–H and O–H groups in total. The van der Waals surface area contributed by atoms with Crippen LogP contribution in [0.2, 0.25) is 0 Å². The molecule has 2 rings (SSSR count). The Morgan fingerprint density at radius 1 is 1.00 bits per heavy atom. The van der Waals surface area contributed by atoms with E-state index in [-0.39, 0.29) is 9.90 Å². The second kappa shape index (κ2) is 1.31. The van der Waals surface area contributed by atoms with Gasteiger partial charge < -0.3 is 0 Å². The molecule has 1 unspecified atom stereocenters. The Morgan fingerprint density at radius 2 is 1.57 bits per heavy atom. The lowest BCUT2D eigenvalue weighted by Gasteiger charge is -1.48. The SMILES string of the molecule is P.c1cc2cc-2c1. The smallest absolute Gasteiger partial charge is 0.0178 e. The van der Waals surface area contributed by atoms with Crippen LogP contribution < -0.4 is 0 Å². The molecule has 0 heterocycles. The quantitative estimate of drug-likeness (QED) is 0.453. The first-order chi connectivity index (χ1) is 2.97. The van der Waals surface area contributed by atoms with Crippen molar-refractivity contribution in [2.24, 2.45) is 0 Å². The van der Waals surface area contributed by atoms with Crippen molar-refractivity contribution >= 4 is 9.90 Å². The number of hydrogen-bond donors (Lipinski definition) is 0. The van der Waals surface area contributed by atoms with Crippen molar-refractivity contribution in [1.82, 2.24) is 0 Å². The predicted molar refractivity (Wildman–Crippen MR) is 36.5 cm³/mol. The summed E-state index contributed by atoms with van der Waals surface area (Å²) >= 11 is 0. The van der Waals surface area contributed by atoms with Crippen LogP contribution in [0.1, 0.15) is 0 Å². The Hall–Kier alpha value is -0.350. The number of fused-ring (bicyclic) bond motifs is 1. The Bertz CT molecular complexity index is 164. The molecule has 7 heavy (non-hydrogen) atoms. The van der Waals surface area contributed by atoms with E-state index in [2.05, 4.69) is 24.3 Å². The summed E-state index contributed by atoms with van der Waals surface area (Å²) in [7, 11) is 0. The van der Waals surface area contributed by atoms with Gasteiger partial charge in [-0.25, -0.2) is 0 Å². The maximum atomic E-state index is 2.17. The highest BCUT2D eigenvalue weighted by molar-refractivity contribution is 6.92. The fourth-order valence-corrected chi connectivity index (χ4v) is 0.676. The van der Waals surface area contributed by atoms with Crippen LogP contribution in [0, 0.1) is 0 Å². The summed E-state index contributed by atoms with van der Waals surface area (Å²) in [4.78, 5) is 0. The summed E-state index contributed by atoms with van der Waals surface area (Å²) in [5.41, 5.74) is 2.85. The molecule has 0 aromatic heterocycles. The Labute approximate surface area is 46.2 Å². The molecular weight excluding hydrogens is 103 g/mol. The molecule has 2 aliphatic carbocycles. The first-order valence-corrected chi connectivity index (χ1v) is 2.07. The monoisotopic (exact) mass is 110 g/mol. The lowest BCUT2D eigenvalue weighted by molar-refractivity contribution is 2.01. The fourth-order valence-electron chi connectivity index (χ4n) is 0.676. The minimum atomic E-state index is 0. The molecule has 1 atom stereocenters. The second-order valence-electron chi connectivity index (χ2n) is 1.58. The third-order valence-corrected chi connectivity index (χ3v) is 1.11. The van der Waals surface area contributed by atoms with Crippen LogP contribution in [0.25, 0.3) is 11.1 Å². The van der Waals surface area contributed by atoms with Crippen molar-refractivity contribution in [3.8, 4) is 11.1 Å². The maximum Gasteiger partial charge on any atom is -0.0178 e. The number of hydrogen-bond acceptors (Lipinski definition) is 0. The minimum Gasteiger partial charge on any atom is -0.153 e. The second-order valence-corrected chi connectivity index (χ2v) is 1.58. The van der Waals surface area contributed by atoms with Gasteiger partial charge in [0.2, 0.25) is 0 Å². The lowest BCUT2D eigenvalue weighted by Crippen LogP contribution is -1.23. The van der Waals surface area contributed by atoms with Gasteiger partial charge in [0.1, 0.15) is 0 Å². The predicted octanol–water partition coefficient (Wildman–Crippen LogP) is 1.73. The zero-order valence-electron chi connectivity index (χ0n) is 4.02. The van der Waals surface area contributed by atoms with Crippen LogP contribution in [0.15, 0.2) is 24.3 Å². The molecule has 0 saturated carbocycles. The summed E-state index contributed by atoms with van der Waals surface area (Å²) in [5, 5.41) is 0. The molecule has 36 valence electrons. The topological polar surface area (TPSA) is 0 Å². The van der Waals surface area contributed by atoms with E-state index < -0.39 is 0 Å². The van der Waals surface area contributed by atoms with E-state index in [4.69, 9.17) is 0 Å². The van der Waals surface area contributed by atoms with Crippen molar-refractivity contribution in [2.45, 2.75) is 0 Å². The van der Waals surface area contributed by atoms with Crippen molar-refractivity contribution in [3.63, 3.8) is 0 Å². The van der Waals surface area contributed by atoms with Gasteiger partial charge >= 0.3 is 0 Å². The van der Waals surface area contributed by atoms with Gasteiger partial charge in [-0.05, 0) is 17.2 Å². The van der Waals surface area contributed by atoms with E-state index >= 15 is 0 Å². The molecule has 0 radical (unpaired) electrons. The molecule has 0 aliphatic heterocycles. The number of rotatable bonds is 0. The molecule has 0 spiro atoms. The van der Waals surface area contributed by atoms with Crippen molar-refractivity contribution in [2.75, 3.05) is 0 Å². The summed E-state index contributed by atoms with van der Waals surface area (Å²) in [6.07, 6.45) is 0. The van der Waals surface area contributed by atoms with Gasteiger partial charge in [0.25, 0.3) is 0 Å². The summed E-state index contributed by atoms with van der Waals surface area (Å²) in [6, 6.07) is 8.48. The molecule has 0 aromatic rings. The van der Waals surface area contributed by atoms with Gasteiger partial charge in [-0.1, -0.05) is 18.2 Å². The van der Waals surface area contributed by atoms with Gasteiger partial charge in [0, 0.05) is 0 Å². The normalized spacial score (nSPS) is 9.71. The molecule has 0 aromatic carbocycles. The van der Waals surface area contributed by atoms with Crippen LogP contribution in [-0.2, 0) is 0 Å². The molecule has 2 aliphatic rings. The van der Waals surface area contributed by atoms with Gasteiger partial charge in [-0.15, -0.1) is 0 Å². The van der Waals surface area contributed by atoms with Gasteiger partial charge in [-0.2, -0.15) is 9.90 Å². The highest BCUT2D eigenvalue weighted by atomic mass is 31.0. The van der Waals surface area contributed by atoms with E-state index in [0.29, 0.717) is 0 Å². The highest BCUT2D eigenvalue weighted by Gasteiger charge is 2.06. The molecule has 1 heteroatoms. The first-order valence-electron chi connectivity index (χ1n) is 2.07. The third-order valence-electron chi connectivity index (χ3n) is 1.11. The number of benzene rings is 1. The third kappa shape index (κ3) is 0.555. The van der Waals surface area contributed by atoms with Gasteiger partial charge in [0.15, 0.2) is 0 Å². The molecule has 0 fully saturated rings. The van der Waals surface area contributed by atoms with Crippen LogP contribution in [0.3, 0.4) is 0 Å².